The maximum atomic E-state index is 11.9. The van der Waals surface area contributed by atoms with Gasteiger partial charge in [-0.25, -0.2) is 0 Å². The molecule has 0 aliphatic heterocycles. The molecular weight excluding hydrogens is 318 g/mol. The maximum absolute atomic E-state index is 11.9. The van der Waals surface area contributed by atoms with Gasteiger partial charge in [-0.1, -0.05) is 6.07 Å². The van der Waals surface area contributed by atoms with Crippen LogP contribution in [0, 0.1) is 34.1 Å². The minimum absolute atomic E-state index is 0.0296. The van der Waals surface area contributed by atoms with Crippen LogP contribution in [0.1, 0.15) is 17.8 Å². The predicted molar refractivity (Wildman–Crippen MR) is 84.7 cm³/mol. The van der Waals surface area contributed by atoms with Gasteiger partial charge in [-0.05, 0) is 19.9 Å². The molecule has 0 bridgehead atoms. The number of nitrogens with one attached hydrogen (secondary N) is 1. The van der Waals surface area contributed by atoms with Crippen LogP contribution in [0.2, 0.25) is 0 Å². The number of carbonyl (C=O) groups is 1. The van der Waals surface area contributed by atoms with E-state index in [4.69, 9.17) is 0 Å². The van der Waals surface area contributed by atoms with E-state index in [2.05, 4.69) is 10.4 Å². The topological polar surface area (TPSA) is 133 Å². The number of aromatic nitrogens is 2. The van der Waals surface area contributed by atoms with E-state index in [9.17, 15) is 25.0 Å². The third kappa shape index (κ3) is 3.72. The first-order valence-electron chi connectivity index (χ1n) is 7.02. The summed E-state index contributed by atoms with van der Waals surface area (Å²) in [6.45, 7) is 3.27. The monoisotopic (exact) mass is 333 g/mol. The van der Waals surface area contributed by atoms with Gasteiger partial charge in [0.1, 0.15) is 11.4 Å². The van der Waals surface area contributed by atoms with Crippen molar-refractivity contribution in [2.45, 2.75) is 26.8 Å². The number of hydrogen-bond donors (Lipinski definition) is 1. The Labute approximate surface area is 136 Å². The Kier molecular flexibility index (Phi) is 4.87. The number of carbonyl (C=O) groups excluding carboxylic acids is 1. The molecule has 1 aromatic carbocycles. The second-order valence-electron chi connectivity index (χ2n) is 5.11. The Morgan fingerprint density at radius 2 is 1.96 bits per heavy atom. The van der Waals surface area contributed by atoms with Gasteiger partial charge in [0.2, 0.25) is 5.91 Å². The summed E-state index contributed by atoms with van der Waals surface area (Å²) in [5, 5.41) is 28.2. The van der Waals surface area contributed by atoms with Crippen LogP contribution in [-0.4, -0.2) is 25.5 Å². The molecule has 0 saturated heterocycles. The molecule has 126 valence electrons. The fraction of sp³-hybridized carbons (Fsp3) is 0.286. The van der Waals surface area contributed by atoms with Crippen molar-refractivity contribution in [3.05, 3.63) is 55.9 Å². The number of aryl methyl sites for hydroxylation is 2. The molecule has 2 rings (SSSR count). The molecule has 1 amide bonds. The summed E-state index contributed by atoms with van der Waals surface area (Å²) < 4.78 is 1.40. The van der Waals surface area contributed by atoms with Crippen molar-refractivity contribution in [2.24, 2.45) is 0 Å². The Hall–Kier alpha value is -3.30. The van der Waals surface area contributed by atoms with Crippen LogP contribution >= 0.6 is 0 Å². The Balaban J connectivity index is 2.02. The molecule has 24 heavy (non-hydrogen) atoms. The van der Waals surface area contributed by atoms with Crippen LogP contribution in [0.15, 0.2) is 24.3 Å². The molecule has 0 aliphatic rings. The Bertz CT molecular complexity index is 814. The summed E-state index contributed by atoms with van der Waals surface area (Å²) in [5.74, 6) is -0.370. The summed E-state index contributed by atoms with van der Waals surface area (Å²) in [6.07, 6.45) is 0.0296. The molecule has 0 unspecified atom stereocenters. The summed E-state index contributed by atoms with van der Waals surface area (Å²) >= 11 is 0. The van der Waals surface area contributed by atoms with Crippen molar-refractivity contribution in [1.82, 2.24) is 9.78 Å². The average molecular weight is 333 g/mol. The van der Waals surface area contributed by atoms with Crippen molar-refractivity contribution < 1.29 is 14.6 Å². The number of benzene rings is 1. The van der Waals surface area contributed by atoms with Gasteiger partial charge in [0, 0.05) is 24.2 Å². The molecule has 0 radical (unpaired) electrons. The van der Waals surface area contributed by atoms with Crippen molar-refractivity contribution in [1.29, 1.82) is 0 Å². The first-order chi connectivity index (χ1) is 11.3. The van der Waals surface area contributed by atoms with E-state index in [1.165, 1.54) is 29.8 Å². The van der Waals surface area contributed by atoms with Gasteiger partial charge in [-0.2, -0.15) is 5.10 Å². The second-order valence-corrected chi connectivity index (χ2v) is 5.11. The van der Waals surface area contributed by atoms with E-state index in [0.717, 1.165) is 0 Å². The zero-order valence-corrected chi connectivity index (χ0v) is 13.1. The van der Waals surface area contributed by atoms with Crippen molar-refractivity contribution in [3.8, 4) is 0 Å². The highest BCUT2D eigenvalue weighted by atomic mass is 16.6. The SMILES string of the molecule is Cc1nn(CCC(=O)Nc2cccc([N+](=O)[O-])c2)c(C)c1[N+](=O)[O-]. The highest BCUT2D eigenvalue weighted by Crippen LogP contribution is 2.22. The zero-order chi connectivity index (χ0) is 17.9. The van der Waals surface area contributed by atoms with Gasteiger partial charge in [0.05, 0.1) is 16.4 Å². The number of nitrogens with zero attached hydrogens (tertiary/aromatic N) is 4. The second kappa shape index (κ2) is 6.86. The summed E-state index contributed by atoms with van der Waals surface area (Å²) in [7, 11) is 0. The van der Waals surface area contributed by atoms with E-state index < -0.39 is 9.85 Å². The van der Waals surface area contributed by atoms with Crippen LogP contribution < -0.4 is 5.32 Å². The summed E-state index contributed by atoms with van der Waals surface area (Å²) in [5.41, 5.74) is 0.793. The first kappa shape index (κ1) is 17.1. The fourth-order valence-corrected chi connectivity index (χ4v) is 2.30. The largest absolute Gasteiger partial charge is 0.326 e. The summed E-state index contributed by atoms with van der Waals surface area (Å²) in [6, 6.07) is 5.59. The lowest BCUT2D eigenvalue weighted by Gasteiger charge is -2.06. The van der Waals surface area contributed by atoms with Gasteiger partial charge in [-0.15, -0.1) is 0 Å². The molecule has 2 aromatic rings. The number of anilines is 1. The maximum Gasteiger partial charge on any atom is 0.312 e. The molecule has 0 saturated carbocycles. The number of hydrogen-bond acceptors (Lipinski definition) is 6. The zero-order valence-electron chi connectivity index (χ0n) is 13.1. The minimum Gasteiger partial charge on any atom is -0.326 e. The molecule has 0 aliphatic carbocycles. The van der Waals surface area contributed by atoms with Crippen LogP contribution in [0.4, 0.5) is 17.1 Å². The van der Waals surface area contributed by atoms with Gasteiger partial charge < -0.3 is 5.32 Å². The van der Waals surface area contributed by atoms with Gasteiger partial charge in [0.15, 0.2) is 0 Å². The van der Waals surface area contributed by atoms with Crippen LogP contribution in [0.3, 0.4) is 0 Å². The van der Waals surface area contributed by atoms with Crippen LogP contribution in [-0.2, 0) is 11.3 Å². The highest BCUT2D eigenvalue weighted by Gasteiger charge is 2.21. The lowest BCUT2D eigenvalue weighted by molar-refractivity contribution is -0.386. The van der Waals surface area contributed by atoms with E-state index in [1.54, 1.807) is 13.0 Å². The lowest BCUT2D eigenvalue weighted by Crippen LogP contribution is -2.15. The fourth-order valence-electron chi connectivity index (χ4n) is 2.30. The van der Waals surface area contributed by atoms with Gasteiger partial charge in [0.25, 0.3) is 5.69 Å². The molecule has 10 heteroatoms. The number of rotatable bonds is 6. The third-order valence-corrected chi connectivity index (χ3v) is 3.42. The van der Waals surface area contributed by atoms with Gasteiger partial charge >= 0.3 is 5.69 Å². The van der Waals surface area contributed by atoms with Crippen molar-refractivity contribution in [3.63, 3.8) is 0 Å². The standard InChI is InChI=1S/C14H15N5O5/c1-9-14(19(23)24)10(2)17(16-9)7-6-13(20)15-11-4-3-5-12(8-11)18(21)22/h3-5,8H,6-7H2,1-2H3,(H,15,20). The van der Waals surface area contributed by atoms with E-state index in [-0.39, 0.29) is 35.9 Å². The molecular formula is C14H15N5O5. The van der Waals surface area contributed by atoms with Crippen molar-refractivity contribution >= 4 is 23.0 Å². The molecule has 1 aromatic heterocycles. The van der Waals surface area contributed by atoms with Gasteiger partial charge in [-0.3, -0.25) is 29.7 Å². The smallest absolute Gasteiger partial charge is 0.312 e. The third-order valence-electron chi connectivity index (χ3n) is 3.42. The molecule has 1 heterocycles. The Morgan fingerprint density at radius 3 is 2.54 bits per heavy atom. The molecule has 0 atom stereocenters. The van der Waals surface area contributed by atoms with E-state index in [0.29, 0.717) is 11.4 Å². The normalized spacial score (nSPS) is 10.4. The van der Waals surface area contributed by atoms with Crippen LogP contribution in [0.25, 0.3) is 0 Å². The number of nitro groups is 2. The molecule has 0 fully saturated rings. The molecule has 10 nitrogen and oxygen atoms in total. The molecule has 1 N–H and O–H groups in total. The number of nitro benzene ring substituents is 1. The molecule has 0 spiro atoms. The van der Waals surface area contributed by atoms with Crippen LogP contribution in [0.5, 0.6) is 0 Å². The first-order valence-corrected chi connectivity index (χ1v) is 7.02. The number of amides is 1. The number of non-ortho nitro benzene ring substituents is 1. The lowest BCUT2D eigenvalue weighted by atomic mass is 10.2. The van der Waals surface area contributed by atoms with E-state index >= 15 is 0 Å². The average Bonchev–Trinajstić information content (AvgIpc) is 2.79. The van der Waals surface area contributed by atoms with Crippen molar-refractivity contribution in [2.75, 3.05) is 5.32 Å². The Morgan fingerprint density at radius 1 is 1.25 bits per heavy atom. The highest BCUT2D eigenvalue weighted by molar-refractivity contribution is 5.90. The minimum atomic E-state index is -0.551. The predicted octanol–water partition coefficient (Wildman–Crippen LogP) is 2.35. The summed E-state index contributed by atoms with van der Waals surface area (Å²) in [4.78, 5) is 32.5. The van der Waals surface area contributed by atoms with E-state index in [1.807, 2.05) is 0 Å². The quantitative estimate of drug-likeness (QED) is 0.637.